The third-order valence-electron chi connectivity index (χ3n) is 12.6. The first-order valence-electron chi connectivity index (χ1n) is 27.0. The summed E-state index contributed by atoms with van der Waals surface area (Å²) in [7, 11) is 0. The average molecular weight is 1490 g/mol. The fraction of sp³-hybridized carbons (Fsp3) is 0.684. The summed E-state index contributed by atoms with van der Waals surface area (Å²) in [5.41, 5.74) is 20.9. The summed E-state index contributed by atoms with van der Waals surface area (Å²) in [6.07, 6.45) is 8.47. The number of piperidine rings is 9. The quantitative estimate of drug-likeness (QED) is 0.212. The minimum absolute atomic E-state index is 0. The summed E-state index contributed by atoms with van der Waals surface area (Å²) in [6.45, 7) is 35.5. The van der Waals surface area contributed by atoms with Crippen molar-refractivity contribution >= 4 is 90.8 Å². The molecule has 0 aromatic heterocycles. The maximum absolute atomic E-state index is 7.32. The molecule has 16 heteroatoms. The van der Waals surface area contributed by atoms with E-state index < -0.39 is 19.8 Å². The van der Waals surface area contributed by atoms with Crippen LogP contribution in [0.15, 0.2) is 99.6 Å². The molecule has 9 saturated heterocycles. The number of nitrogens with one attached hydrogen (secondary N) is 3. The van der Waals surface area contributed by atoms with Gasteiger partial charge in [-0.25, -0.2) is 0 Å². The van der Waals surface area contributed by atoms with Crippen molar-refractivity contribution in [3.8, 4) is 0 Å². The monoisotopic (exact) mass is 1490 g/mol. The Balaban J connectivity index is -0.000000259. The number of nitrogens with zero attached hydrogens (tertiary/aromatic N) is 3. The van der Waals surface area contributed by atoms with Gasteiger partial charge in [-0.15, -0.1) is 41.8 Å². The van der Waals surface area contributed by atoms with Crippen molar-refractivity contribution in [3.63, 3.8) is 0 Å². The number of hydrogen-bond acceptors (Lipinski definition) is 6. The van der Waals surface area contributed by atoms with Gasteiger partial charge in [0.1, 0.15) is 13.2 Å². The smallest absolute Gasteiger partial charge is 0.674 e. The normalized spacial score (nSPS) is 23.4. The van der Waals surface area contributed by atoms with Gasteiger partial charge in [-0.1, -0.05) is 130 Å². The molecule has 3 atom stereocenters. The second-order valence-electron chi connectivity index (χ2n) is 19.0. The van der Waals surface area contributed by atoms with Crippen molar-refractivity contribution in [3.05, 3.63) is 108 Å². The molecule has 9 fully saturated rings. The van der Waals surface area contributed by atoms with E-state index in [0.29, 0.717) is 19.6 Å². The Morgan fingerprint density at radius 3 is 0.877 bits per heavy atom. The van der Waals surface area contributed by atoms with Gasteiger partial charge < -0.3 is 31.9 Å². The van der Waals surface area contributed by atoms with Crippen LogP contribution in [0.25, 0.3) is 17.2 Å². The molecule has 0 amide bonds. The van der Waals surface area contributed by atoms with E-state index in [-0.39, 0.29) is 182 Å². The van der Waals surface area contributed by atoms with Gasteiger partial charge in [-0.3, -0.25) is 0 Å². The first kappa shape index (κ1) is 87.4. The van der Waals surface area contributed by atoms with Crippen molar-refractivity contribution in [2.24, 2.45) is 17.8 Å². The molecule has 0 aliphatic carbocycles. The summed E-state index contributed by atoms with van der Waals surface area (Å²) in [6, 6.07) is 30.3. The molecular weight excluding hydrogens is 1380 g/mol. The van der Waals surface area contributed by atoms with Gasteiger partial charge in [0.05, 0.1) is 0 Å². The molecule has 398 valence electrons. The number of fused-ring (bicyclic) bond motifs is 9. The summed E-state index contributed by atoms with van der Waals surface area (Å²) >= 11 is 7.22. The summed E-state index contributed by atoms with van der Waals surface area (Å²) in [5, 5.41) is 2.48. The molecule has 3 aromatic rings. The topological polar surface area (TPSA) is 81.1 Å². The maximum atomic E-state index is 7.32. The Bertz CT molecular complexity index is 1490. The van der Waals surface area contributed by atoms with E-state index in [1.165, 1.54) is 112 Å². The summed E-state index contributed by atoms with van der Waals surface area (Å²) in [4.78, 5) is 21.3. The van der Waals surface area contributed by atoms with Crippen LogP contribution in [0.2, 0.25) is 47.1 Å². The predicted octanol–water partition coefficient (Wildman–Crippen LogP) is 8.14. The van der Waals surface area contributed by atoms with E-state index in [1.54, 1.807) is 36.4 Å². The zero-order valence-electron chi connectivity index (χ0n) is 49.5. The van der Waals surface area contributed by atoms with Crippen LogP contribution in [-0.4, -0.2) is 158 Å². The van der Waals surface area contributed by atoms with E-state index >= 15 is 0 Å². The zero-order valence-corrected chi connectivity index (χ0v) is 72.4. The molecule has 9 aliphatic rings. The Labute approximate surface area is 636 Å². The van der Waals surface area contributed by atoms with Gasteiger partial charge in [0, 0.05) is 50.1 Å². The second-order valence-corrected chi connectivity index (χ2v) is 31.5. The predicted molar refractivity (Wildman–Crippen MR) is 333 cm³/mol. The second kappa shape index (κ2) is 58.0. The maximum Gasteiger partial charge on any atom is 1.00 e. The number of benzene rings is 3. The van der Waals surface area contributed by atoms with E-state index in [9.17, 15) is 0 Å². The van der Waals surface area contributed by atoms with Crippen LogP contribution in [0.1, 0.15) is 93.1 Å². The van der Waals surface area contributed by atoms with Gasteiger partial charge in [0.15, 0.2) is 0 Å². The standard InChI is InChI=1S/C14H19N2S.2C13H17NS.C4H12B2.2C2H6N.2C2H6.CH4.4CH3.3Rb.2Sn/c15-9-11-1-3-13(4-2-11)17-14-10-16-7-5-12(14)6-8-16;2*1-2-4-12(5-3-1)15-13-10-14-8-6-11(13)7-9-14;1-5(2)6(3)4;2*1-2-3;2*1-2;;;;;;;;;;/h1-4,12,14-15H,5-10H2;2*1-5,11,13H,6-10H2;1-4H3;2*3H,2H2,1H3;2*1-2H3;1H4;4*1H3;;;;;/q-1;;;;2*-1;;;;;;;;3*+1;;/t14-;2*13-;;;;;;;;;;;;;;;/m000.............../s1. The van der Waals surface area contributed by atoms with Crippen LogP contribution < -0.4 is 175 Å². The molecule has 0 unspecified atom stereocenters. The molecule has 3 aromatic carbocycles. The Morgan fingerprint density at radius 2 is 0.699 bits per heavy atom. The molecule has 9 aliphatic heterocycles. The molecule has 6 bridgehead atoms. The van der Waals surface area contributed by atoms with E-state index in [0.717, 1.165) is 52.3 Å². The van der Waals surface area contributed by atoms with E-state index in [4.69, 9.17) is 17.2 Å². The molecular formula is C57H105B2N6Rb3S3Sn2. The van der Waals surface area contributed by atoms with E-state index in [2.05, 4.69) is 170 Å². The zero-order chi connectivity index (χ0) is 52.0. The van der Waals surface area contributed by atoms with Crippen molar-refractivity contribution in [2.75, 3.05) is 72.0 Å². The van der Waals surface area contributed by atoms with Crippen molar-refractivity contribution < 1.29 is 175 Å². The van der Waals surface area contributed by atoms with Gasteiger partial charge in [-0.05, 0) is 132 Å². The molecule has 3 N–H and O–H groups in total. The fourth-order valence-electron chi connectivity index (χ4n) is 8.34. The van der Waals surface area contributed by atoms with Gasteiger partial charge in [0.2, 0.25) is 0 Å². The molecule has 0 spiro atoms. The summed E-state index contributed by atoms with van der Waals surface area (Å²) in [5.74, 6) is 2.88. The molecule has 9 heterocycles. The molecule has 12 rings (SSSR count). The number of thioether (sulfide) groups is 3. The minimum atomic E-state index is -0.543. The third kappa shape index (κ3) is 41.3. The Kier molecular flexibility index (Phi) is 69.5. The van der Waals surface area contributed by atoms with Crippen molar-refractivity contribution in [2.45, 2.75) is 172 Å². The van der Waals surface area contributed by atoms with Crippen LogP contribution >= 0.6 is 35.3 Å². The van der Waals surface area contributed by atoms with Crippen molar-refractivity contribution in [1.82, 2.24) is 14.7 Å². The number of rotatable bonds is 8. The first-order chi connectivity index (χ1) is 33.4. The Morgan fingerprint density at radius 1 is 0.479 bits per heavy atom. The van der Waals surface area contributed by atoms with Gasteiger partial charge >= 0.3 is 237 Å². The average Bonchev–Trinajstić information content (AvgIpc) is 3.39. The van der Waals surface area contributed by atoms with Crippen molar-refractivity contribution in [1.29, 1.82) is 0 Å². The molecule has 6 nitrogen and oxygen atoms in total. The van der Waals surface area contributed by atoms with Crippen LogP contribution in [0.4, 0.5) is 0 Å². The van der Waals surface area contributed by atoms with Gasteiger partial charge in [-0.2, -0.15) is 13.1 Å². The fourth-order valence-corrected chi connectivity index (χ4v) is 12.6. The summed E-state index contributed by atoms with van der Waals surface area (Å²) < 4.78 is 0. The van der Waals surface area contributed by atoms with Crippen LogP contribution in [0.3, 0.4) is 0 Å². The third-order valence-corrected chi connectivity index (χ3v) is 16.7. The van der Waals surface area contributed by atoms with Gasteiger partial charge in [0.25, 0.3) is 0 Å². The number of hydrogen-bond donors (Lipinski definition) is 0. The SMILES string of the molecule is C.CB(C)B(C)C.CC.CC.CC[NH-].CC[NH-].[CH3][Sn].[CH3][Sn]([CH3])[CH3].[NH-]Cc1ccc(S[C@H]2CN3CCC2CC3)cc1.[Rb+].[Rb+].[Rb+].c1ccc(S[C@H]2CN3CCC2CC3)cc1.c1ccc(S[C@H]2CN3CCC2CC3)cc1. The van der Waals surface area contributed by atoms with Crippen LogP contribution in [0.5, 0.6) is 0 Å². The molecule has 73 heavy (non-hydrogen) atoms. The first-order valence-corrected chi connectivity index (χ1v) is 41.0. The van der Waals surface area contributed by atoms with Crippen LogP contribution in [0, 0.1) is 17.8 Å². The molecule has 4 radical (unpaired) electrons. The van der Waals surface area contributed by atoms with Crippen LogP contribution in [-0.2, 0) is 6.54 Å². The minimum Gasteiger partial charge on any atom is -0.674 e. The molecule has 0 saturated carbocycles. The Hall–Kier alpha value is 5.61. The van der Waals surface area contributed by atoms with E-state index in [1.807, 2.05) is 39.5 Å². The largest absolute Gasteiger partial charge is 1.00 e.